The van der Waals surface area contributed by atoms with Gasteiger partial charge in [0.15, 0.2) is 0 Å². The van der Waals surface area contributed by atoms with E-state index in [1.165, 1.54) is 0 Å². The van der Waals surface area contributed by atoms with Gasteiger partial charge in [-0.05, 0) is 23.6 Å². The fourth-order valence-corrected chi connectivity index (χ4v) is 2.81. The Labute approximate surface area is 77.0 Å². The summed E-state index contributed by atoms with van der Waals surface area (Å²) >= 11 is 10.5. The van der Waals surface area contributed by atoms with Crippen LogP contribution >= 0.6 is 31.1 Å². The van der Waals surface area contributed by atoms with Crippen molar-refractivity contribution >= 4 is 31.1 Å². The number of hydrogen-bond donors (Lipinski definition) is 2. The minimum atomic E-state index is -2.93. The highest BCUT2D eigenvalue weighted by Gasteiger charge is 2.26. The average Bonchev–Trinajstić information content (AvgIpc) is 2.06. The normalized spacial score (nSPS) is 12.5. The van der Waals surface area contributed by atoms with Gasteiger partial charge in [0.1, 0.15) is 0 Å². The summed E-state index contributed by atoms with van der Waals surface area (Å²) < 4.78 is 17.5. The first-order chi connectivity index (χ1) is 5.14. The molecule has 0 bridgehead atoms. The van der Waals surface area contributed by atoms with Gasteiger partial charge < -0.3 is 0 Å². The molecule has 0 heterocycles. The Bertz CT molecular complexity index is 144. The van der Waals surface area contributed by atoms with Crippen molar-refractivity contribution < 1.29 is 4.57 Å². The number of rotatable bonds is 5. The summed E-state index contributed by atoms with van der Waals surface area (Å²) in [5, 5.41) is 0. The van der Waals surface area contributed by atoms with Gasteiger partial charge in [-0.25, -0.2) is 4.67 Å². The van der Waals surface area contributed by atoms with E-state index < -0.39 is 7.59 Å². The lowest BCUT2D eigenvalue weighted by atomic mass is 10.7. The molecular weight excluding hydrogens is 208 g/mol. The zero-order valence-corrected chi connectivity index (χ0v) is 8.88. The van der Waals surface area contributed by atoms with Gasteiger partial charge in [0.05, 0.1) is 0 Å². The van der Waals surface area contributed by atoms with E-state index >= 15 is 0 Å². The molecule has 0 spiro atoms. The van der Waals surface area contributed by atoms with E-state index in [0.29, 0.717) is 13.1 Å². The smallest absolute Gasteiger partial charge is 0.268 e. The van der Waals surface area contributed by atoms with Gasteiger partial charge in [-0.2, -0.15) is 9.21 Å². The maximum Gasteiger partial charge on any atom is 0.309 e. The summed E-state index contributed by atoms with van der Waals surface area (Å²) in [6, 6.07) is 0. The molecule has 0 aromatic heterocycles. The molecule has 0 aromatic rings. The van der Waals surface area contributed by atoms with Crippen LogP contribution < -0.4 is 9.21 Å². The predicted molar refractivity (Wildman–Crippen MR) is 48.5 cm³/mol. The van der Waals surface area contributed by atoms with E-state index in [0.717, 1.165) is 0 Å². The topological polar surface area (TPSA) is 44.4 Å². The molecule has 0 saturated heterocycles. The lowest BCUT2D eigenvalue weighted by Gasteiger charge is -2.25. The van der Waals surface area contributed by atoms with Gasteiger partial charge >= 0.3 is 7.59 Å². The van der Waals surface area contributed by atoms with Crippen LogP contribution in [0.2, 0.25) is 0 Å². The van der Waals surface area contributed by atoms with Gasteiger partial charge in [0, 0.05) is 13.1 Å². The van der Waals surface area contributed by atoms with Crippen LogP contribution in [-0.4, -0.2) is 17.8 Å². The Morgan fingerprint density at radius 1 is 1.27 bits per heavy atom. The van der Waals surface area contributed by atoms with Crippen molar-refractivity contribution in [2.45, 2.75) is 13.8 Å². The molecule has 0 rings (SSSR count). The fraction of sp³-hybridized carbons (Fsp3) is 1.00. The van der Waals surface area contributed by atoms with Crippen molar-refractivity contribution in [2.24, 2.45) is 0 Å². The highest BCUT2D eigenvalue weighted by molar-refractivity contribution is 7.59. The van der Waals surface area contributed by atoms with Crippen LogP contribution in [0.3, 0.4) is 0 Å². The monoisotopic (exact) mass is 219 g/mol. The molecule has 0 amide bonds. The van der Waals surface area contributed by atoms with Crippen molar-refractivity contribution in [3.63, 3.8) is 0 Å². The van der Waals surface area contributed by atoms with Crippen LogP contribution in [0, 0.1) is 0 Å². The molecule has 7 heteroatoms. The lowest BCUT2D eigenvalue weighted by Crippen LogP contribution is -2.28. The number of nitrogens with one attached hydrogen (secondary N) is 2. The van der Waals surface area contributed by atoms with Crippen molar-refractivity contribution in [1.82, 2.24) is 13.9 Å². The van der Waals surface area contributed by atoms with Crippen LogP contribution in [0.1, 0.15) is 13.8 Å². The second-order valence-corrected chi connectivity index (χ2v) is 4.95. The lowest BCUT2D eigenvalue weighted by molar-refractivity contribution is 0.437. The van der Waals surface area contributed by atoms with Crippen LogP contribution in [-0.2, 0) is 4.57 Å². The van der Waals surface area contributed by atoms with Crippen molar-refractivity contribution in [3.8, 4) is 0 Å². The van der Waals surface area contributed by atoms with E-state index in [4.69, 9.17) is 23.6 Å². The Kier molecular flexibility index (Phi) is 5.69. The maximum absolute atomic E-state index is 11.6. The molecule has 0 radical (unpaired) electrons. The summed E-state index contributed by atoms with van der Waals surface area (Å²) in [7, 11) is -2.93. The second kappa shape index (κ2) is 5.36. The van der Waals surface area contributed by atoms with Gasteiger partial charge in [0.25, 0.3) is 0 Å². The molecule has 11 heavy (non-hydrogen) atoms. The van der Waals surface area contributed by atoms with E-state index in [1.54, 1.807) is 4.67 Å². The Morgan fingerprint density at radius 2 is 1.64 bits per heavy atom. The molecule has 0 atom stereocenters. The molecule has 4 nitrogen and oxygen atoms in total. The van der Waals surface area contributed by atoms with Crippen LogP contribution in [0.25, 0.3) is 0 Å². The third-order valence-corrected chi connectivity index (χ3v) is 4.55. The predicted octanol–water partition coefficient (Wildman–Crippen LogP) is 1.92. The Hall–Kier alpha value is 0.690. The van der Waals surface area contributed by atoms with Crippen molar-refractivity contribution in [3.05, 3.63) is 0 Å². The third-order valence-electron chi connectivity index (χ3n) is 1.36. The van der Waals surface area contributed by atoms with Crippen LogP contribution in [0.4, 0.5) is 0 Å². The first-order valence-corrected chi connectivity index (χ1v) is 5.67. The molecule has 0 unspecified atom stereocenters. The zero-order chi connectivity index (χ0) is 8.91. The summed E-state index contributed by atoms with van der Waals surface area (Å²) in [5.41, 5.74) is 0. The van der Waals surface area contributed by atoms with Gasteiger partial charge in [0.2, 0.25) is 0 Å². The van der Waals surface area contributed by atoms with Gasteiger partial charge in [-0.3, -0.25) is 4.57 Å². The van der Waals surface area contributed by atoms with Crippen molar-refractivity contribution in [1.29, 1.82) is 0 Å². The van der Waals surface area contributed by atoms with Crippen LogP contribution in [0.15, 0.2) is 0 Å². The first kappa shape index (κ1) is 11.7. The molecule has 0 aliphatic heterocycles. The maximum atomic E-state index is 11.6. The second-order valence-electron chi connectivity index (χ2n) is 1.88. The SMILES string of the molecule is CCN(CC)P(=O)(NCl)NCl. The van der Waals surface area contributed by atoms with Gasteiger partial charge in [-0.1, -0.05) is 13.8 Å². The number of halogens is 2. The average molecular weight is 220 g/mol. The van der Waals surface area contributed by atoms with Crippen LogP contribution in [0.5, 0.6) is 0 Å². The quantitative estimate of drug-likeness (QED) is 0.548. The third kappa shape index (κ3) is 2.90. The number of hydrogen-bond acceptors (Lipinski definition) is 1. The van der Waals surface area contributed by atoms with Crippen molar-refractivity contribution in [2.75, 3.05) is 13.1 Å². The molecule has 0 fully saturated rings. The Morgan fingerprint density at radius 3 is 1.73 bits per heavy atom. The van der Waals surface area contributed by atoms with E-state index in [2.05, 4.69) is 9.21 Å². The molecule has 2 N–H and O–H groups in total. The first-order valence-electron chi connectivity index (χ1n) is 3.25. The minimum Gasteiger partial charge on any atom is -0.268 e. The minimum absolute atomic E-state index is 0.618. The summed E-state index contributed by atoms with van der Waals surface area (Å²) in [6.07, 6.45) is 0. The van der Waals surface area contributed by atoms with Gasteiger partial charge in [-0.15, -0.1) is 0 Å². The molecule has 0 saturated carbocycles. The summed E-state index contributed by atoms with van der Waals surface area (Å²) in [6.45, 7) is 4.98. The highest BCUT2D eigenvalue weighted by atomic mass is 35.5. The summed E-state index contributed by atoms with van der Waals surface area (Å²) in [5.74, 6) is 0. The molecule has 0 aliphatic rings. The van der Waals surface area contributed by atoms with E-state index in [9.17, 15) is 4.57 Å². The number of nitrogens with zero attached hydrogens (tertiary/aromatic N) is 1. The largest absolute Gasteiger partial charge is 0.309 e. The fourth-order valence-electron chi connectivity index (χ4n) is 0.745. The van der Waals surface area contributed by atoms with E-state index in [-0.39, 0.29) is 0 Å². The molecule has 0 aliphatic carbocycles. The molecule has 0 aromatic carbocycles. The van der Waals surface area contributed by atoms with E-state index in [1.807, 2.05) is 13.8 Å². The molecule has 68 valence electrons. The Balaban J connectivity index is 4.32. The highest BCUT2D eigenvalue weighted by Crippen LogP contribution is 2.41. The zero-order valence-electron chi connectivity index (χ0n) is 6.47. The standard InChI is InChI=1S/C4H12Cl2N3OP/c1-3-9(4-2)11(10,7-5)8-6/h3-4H2,1-2H3,(H2,7,8,10). The molecular formula is C4H12Cl2N3OP. The summed E-state index contributed by atoms with van der Waals surface area (Å²) in [4.78, 5) is 0.